The van der Waals surface area contributed by atoms with Crippen LogP contribution in [0.5, 0.6) is 5.75 Å². The van der Waals surface area contributed by atoms with E-state index in [1.807, 2.05) is 12.1 Å². The van der Waals surface area contributed by atoms with Crippen LogP contribution in [0, 0.1) is 0 Å². The topological polar surface area (TPSA) is 58.7 Å². The van der Waals surface area contributed by atoms with Gasteiger partial charge in [-0.2, -0.15) is 0 Å². The van der Waals surface area contributed by atoms with Crippen molar-refractivity contribution < 1.29 is 9.84 Å². The molecule has 3 N–H and O–H groups in total. The van der Waals surface area contributed by atoms with Gasteiger partial charge < -0.3 is 15.6 Å². The van der Waals surface area contributed by atoms with E-state index in [-0.39, 0.29) is 12.6 Å². The molecule has 0 amide bonds. The third-order valence-electron chi connectivity index (χ3n) is 4.16. The molecule has 1 aliphatic heterocycles. The number of ether oxygens (including phenoxy) is 1. The van der Waals surface area contributed by atoms with E-state index in [0.29, 0.717) is 6.54 Å². The van der Waals surface area contributed by atoms with E-state index in [0.717, 1.165) is 36.4 Å². The standard InChI is InChI=1S/C16H26N2O2/c1-20-16-7-6-13(10-17)9-14(16)11-18-8-4-2-3-5-15(18)12-19/h6-7,9,15,19H,2-5,8,10-12,17H2,1H3. The summed E-state index contributed by atoms with van der Waals surface area (Å²) in [7, 11) is 1.70. The molecule has 0 aromatic heterocycles. The van der Waals surface area contributed by atoms with Crippen LogP contribution in [-0.4, -0.2) is 36.3 Å². The molecule has 20 heavy (non-hydrogen) atoms. The second-order valence-corrected chi connectivity index (χ2v) is 5.51. The lowest BCUT2D eigenvalue weighted by molar-refractivity contribution is 0.117. The van der Waals surface area contributed by atoms with Crippen molar-refractivity contribution in [2.24, 2.45) is 5.73 Å². The van der Waals surface area contributed by atoms with Gasteiger partial charge in [0, 0.05) is 24.7 Å². The highest BCUT2D eigenvalue weighted by atomic mass is 16.5. The minimum atomic E-state index is 0.235. The van der Waals surface area contributed by atoms with E-state index in [1.54, 1.807) is 7.11 Å². The summed E-state index contributed by atoms with van der Waals surface area (Å²) >= 11 is 0. The predicted molar refractivity (Wildman–Crippen MR) is 80.6 cm³/mol. The maximum atomic E-state index is 9.60. The summed E-state index contributed by atoms with van der Waals surface area (Å²) in [5, 5.41) is 9.60. The number of rotatable bonds is 5. The zero-order valence-electron chi connectivity index (χ0n) is 12.3. The van der Waals surface area contributed by atoms with Crippen LogP contribution in [0.3, 0.4) is 0 Å². The molecule has 0 spiro atoms. The molecule has 1 aromatic rings. The normalized spacial score (nSPS) is 20.6. The molecule has 0 saturated carbocycles. The van der Waals surface area contributed by atoms with Crippen LogP contribution in [-0.2, 0) is 13.1 Å². The number of methoxy groups -OCH3 is 1. The van der Waals surface area contributed by atoms with Crippen molar-refractivity contribution in [3.63, 3.8) is 0 Å². The molecule has 1 aliphatic rings. The van der Waals surface area contributed by atoms with Crippen molar-refractivity contribution in [2.75, 3.05) is 20.3 Å². The summed E-state index contributed by atoms with van der Waals surface area (Å²) in [4.78, 5) is 2.38. The Morgan fingerprint density at radius 2 is 2.20 bits per heavy atom. The second kappa shape index (κ2) is 7.62. The van der Waals surface area contributed by atoms with Gasteiger partial charge in [0.1, 0.15) is 5.75 Å². The maximum absolute atomic E-state index is 9.60. The third kappa shape index (κ3) is 3.72. The van der Waals surface area contributed by atoms with Gasteiger partial charge in [-0.05, 0) is 37.1 Å². The van der Waals surface area contributed by atoms with Gasteiger partial charge >= 0.3 is 0 Å². The number of hydrogen-bond acceptors (Lipinski definition) is 4. The summed E-state index contributed by atoms with van der Waals surface area (Å²) in [5.74, 6) is 0.906. The van der Waals surface area contributed by atoms with Gasteiger partial charge in [-0.25, -0.2) is 0 Å². The Balaban J connectivity index is 2.17. The summed E-state index contributed by atoms with van der Waals surface area (Å²) in [6.45, 7) is 2.64. The van der Waals surface area contributed by atoms with Crippen molar-refractivity contribution >= 4 is 0 Å². The number of benzene rings is 1. The van der Waals surface area contributed by atoms with Crippen LogP contribution >= 0.6 is 0 Å². The van der Waals surface area contributed by atoms with E-state index >= 15 is 0 Å². The fourth-order valence-corrected chi connectivity index (χ4v) is 2.95. The fraction of sp³-hybridized carbons (Fsp3) is 0.625. The Morgan fingerprint density at radius 3 is 2.90 bits per heavy atom. The summed E-state index contributed by atoms with van der Waals surface area (Å²) in [5.41, 5.74) is 8.01. The first-order chi connectivity index (χ1) is 9.78. The quantitative estimate of drug-likeness (QED) is 0.863. The zero-order valence-corrected chi connectivity index (χ0v) is 12.3. The van der Waals surface area contributed by atoms with Crippen molar-refractivity contribution in [3.05, 3.63) is 29.3 Å². The first-order valence-corrected chi connectivity index (χ1v) is 7.49. The molecule has 0 aliphatic carbocycles. The smallest absolute Gasteiger partial charge is 0.123 e. The first-order valence-electron chi connectivity index (χ1n) is 7.49. The highest BCUT2D eigenvalue weighted by Crippen LogP contribution is 2.25. The molecule has 1 saturated heterocycles. The molecule has 1 unspecified atom stereocenters. The number of likely N-dealkylation sites (tertiary alicyclic amines) is 1. The van der Waals surface area contributed by atoms with Crippen LogP contribution in [0.1, 0.15) is 36.8 Å². The summed E-state index contributed by atoms with van der Waals surface area (Å²) in [6, 6.07) is 6.39. The van der Waals surface area contributed by atoms with Crippen molar-refractivity contribution in [3.8, 4) is 5.75 Å². The second-order valence-electron chi connectivity index (χ2n) is 5.51. The molecular weight excluding hydrogens is 252 g/mol. The van der Waals surface area contributed by atoms with Gasteiger partial charge in [0.15, 0.2) is 0 Å². The SMILES string of the molecule is COc1ccc(CN)cc1CN1CCCCCC1CO. The highest BCUT2D eigenvalue weighted by molar-refractivity contribution is 5.37. The lowest BCUT2D eigenvalue weighted by Crippen LogP contribution is -2.37. The molecule has 1 fully saturated rings. The van der Waals surface area contributed by atoms with E-state index in [1.165, 1.54) is 19.3 Å². The zero-order chi connectivity index (χ0) is 14.4. The van der Waals surface area contributed by atoms with E-state index in [2.05, 4.69) is 11.0 Å². The van der Waals surface area contributed by atoms with Gasteiger partial charge in [0.2, 0.25) is 0 Å². The highest BCUT2D eigenvalue weighted by Gasteiger charge is 2.21. The molecule has 1 atom stereocenters. The van der Waals surface area contributed by atoms with Gasteiger partial charge in [-0.3, -0.25) is 4.90 Å². The van der Waals surface area contributed by atoms with Crippen LogP contribution in [0.2, 0.25) is 0 Å². The number of hydrogen-bond donors (Lipinski definition) is 2. The average Bonchev–Trinajstić information content (AvgIpc) is 2.72. The largest absolute Gasteiger partial charge is 0.496 e. The minimum absolute atomic E-state index is 0.235. The van der Waals surface area contributed by atoms with Gasteiger partial charge in [0.05, 0.1) is 13.7 Å². The third-order valence-corrected chi connectivity index (χ3v) is 4.16. The lowest BCUT2D eigenvalue weighted by Gasteiger charge is -2.29. The molecule has 4 nitrogen and oxygen atoms in total. The molecule has 1 heterocycles. The minimum Gasteiger partial charge on any atom is -0.496 e. The Kier molecular flexibility index (Phi) is 5.83. The molecule has 0 bridgehead atoms. The molecule has 2 rings (SSSR count). The molecular formula is C16H26N2O2. The van der Waals surface area contributed by atoms with Crippen LogP contribution < -0.4 is 10.5 Å². The molecule has 4 heteroatoms. The van der Waals surface area contributed by atoms with Crippen molar-refractivity contribution in [2.45, 2.75) is 44.8 Å². The average molecular weight is 278 g/mol. The number of nitrogens with zero attached hydrogens (tertiary/aromatic N) is 1. The van der Waals surface area contributed by atoms with E-state index in [9.17, 15) is 5.11 Å². The predicted octanol–water partition coefficient (Wildman–Crippen LogP) is 1.89. The Hall–Kier alpha value is -1.10. The Morgan fingerprint density at radius 1 is 1.35 bits per heavy atom. The number of aliphatic hydroxyl groups excluding tert-OH is 1. The van der Waals surface area contributed by atoms with Gasteiger partial charge in [-0.15, -0.1) is 0 Å². The monoisotopic (exact) mass is 278 g/mol. The van der Waals surface area contributed by atoms with Crippen molar-refractivity contribution in [1.29, 1.82) is 0 Å². The maximum Gasteiger partial charge on any atom is 0.123 e. The Labute approximate surface area is 121 Å². The van der Waals surface area contributed by atoms with Crippen LogP contribution in [0.15, 0.2) is 18.2 Å². The lowest BCUT2D eigenvalue weighted by atomic mass is 10.1. The molecule has 0 radical (unpaired) electrons. The van der Waals surface area contributed by atoms with E-state index in [4.69, 9.17) is 10.5 Å². The first kappa shape index (κ1) is 15.3. The van der Waals surface area contributed by atoms with Crippen LogP contribution in [0.4, 0.5) is 0 Å². The van der Waals surface area contributed by atoms with Gasteiger partial charge in [-0.1, -0.05) is 18.9 Å². The summed E-state index contributed by atoms with van der Waals surface area (Å²) < 4.78 is 5.46. The van der Waals surface area contributed by atoms with Crippen molar-refractivity contribution in [1.82, 2.24) is 4.90 Å². The fourth-order valence-electron chi connectivity index (χ4n) is 2.95. The number of aliphatic hydroxyl groups is 1. The van der Waals surface area contributed by atoms with E-state index < -0.39 is 0 Å². The molecule has 1 aromatic carbocycles. The summed E-state index contributed by atoms with van der Waals surface area (Å²) in [6.07, 6.45) is 4.75. The number of nitrogens with two attached hydrogens (primary N) is 1. The molecule has 112 valence electrons. The Bertz CT molecular complexity index is 423. The van der Waals surface area contributed by atoms with Crippen LogP contribution in [0.25, 0.3) is 0 Å². The van der Waals surface area contributed by atoms with Gasteiger partial charge in [0.25, 0.3) is 0 Å².